The summed E-state index contributed by atoms with van der Waals surface area (Å²) in [6.45, 7) is 6.71. The molecule has 1 N–H and O–H groups in total. The van der Waals surface area contributed by atoms with Crippen LogP contribution < -0.4 is 5.32 Å². The Labute approximate surface area is 112 Å². The van der Waals surface area contributed by atoms with Crippen molar-refractivity contribution in [2.45, 2.75) is 39.7 Å². The molecule has 0 fully saturated rings. The summed E-state index contributed by atoms with van der Waals surface area (Å²) in [4.78, 5) is 0. The van der Waals surface area contributed by atoms with E-state index in [4.69, 9.17) is 0 Å². The molecule has 0 aromatic heterocycles. The summed E-state index contributed by atoms with van der Waals surface area (Å²) in [5.74, 6) is -0.204. The quantitative estimate of drug-likeness (QED) is 0.861. The van der Waals surface area contributed by atoms with Gasteiger partial charge < -0.3 is 5.32 Å². The smallest absolute Gasteiger partial charge is 0.137 e. The lowest BCUT2D eigenvalue weighted by Crippen LogP contribution is -2.41. The molecule has 0 aliphatic carbocycles. The van der Waals surface area contributed by atoms with E-state index in [0.29, 0.717) is 10.5 Å². The number of hydrogen-bond donors (Lipinski definition) is 1. The fourth-order valence-corrected chi connectivity index (χ4v) is 2.34. The Hall–Kier alpha value is -0.410. The van der Waals surface area contributed by atoms with Crippen molar-refractivity contribution in [1.29, 1.82) is 0 Å². The van der Waals surface area contributed by atoms with Crippen molar-refractivity contribution in [2.75, 3.05) is 7.05 Å². The van der Waals surface area contributed by atoms with Gasteiger partial charge in [-0.3, -0.25) is 0 Å². The van der Waals surface area contributed by atoms with E-state index in [0.717, 1.165) is 18.4 Å². The summed E-state index contributed by atoms with van der Waals surface area (Å²) >= 11 is 3.23. The van der Waals surface area contributed by atoms with Gasteiger partial charge in [-0.05, 0) is 58.9 Å². The minimum Gasteiger partial charge on any atom is -0.316 e. The molecule has 0 heterocycles. The van der Waals surface area contributed by atoms with Crippen molar-refractivity contribution < 1.29 is 4.39 Å². The number of rotatable bonds is 5. The minimum atomic E-state index is -0.204. The van der Waals surface area contributed by atoms with Crippen molar-refractivity contribution in [2.24, 2.45) is 5.41 Å². The van der Waals surface area contributed by atoms with Gasteiger partial charge in [0.25, 0.3) is 0 Å². The molecule has 1 rings (SSSR count). The van der Waals surface area contributed by atoms with E-state index in [1.54, 1.807) is 0 Å². The lowest BCUT2D eigenvalue weighted by molar-refractivity contribution is 0.240. The highest BCUT2D eigenvalue weighted by atomic mass is 79.9. The summed E-state index contributed by atoms with van der Waals surface area (Å²) in [6.07, 6.45) is 2.02. The maximum atomic E-state index is 13.2. The number of nitrogens with one attached hydrogen (secondary N) is 1. The summed E-state index contributed by atoms with van der Waals surface area (Å²) in [7, 11) is 1.99. The lowest BCUT2D eigenvalue weighted by Gasteiger charge is -2.33. The van der Waals surface area contributed by atoms with E-state index in [9.17, 15) is 4.39 Å². The van der Waals surface area contributed by atoms with Crippen LogP contribution in [0.4, 0.5) is 4.39 Å². The molecule has 0 saturated carbocycles. The SMILES string of the molecule is CCC(C)(C)C(Cc1ccc(F)c(Br)c1)NC. The first-order valence-corrected chi connectivity index (χ1v) is 6.81. The molecule has 1 unspecified atom stereocenters. The molecule has 3 heteroatoms. The van der Waals surface area contributed by atoms with Gasteiger partial charge in [0.2, 0.25) is 0 Å². The van der Waals surface area contributed by atoms with Gasteiger partial charge in [0.05, 0.1) is 4.47 Å². The van der Waals surface area contributed by atoms with Crippen LogP contribution in [0.3, 0.4) is 0 Å². The van der Waals surface area contributed by atoms with Gasteiger partial charge in [-0.2, -0.15) is 0 Å². The highest BCUT2D eigenvalue weighted by molar-refractivity contribution is 9.10. The van der Waals surface area contributed by atoms with Crippen molar-refractivity contribution in [3.8, 4) is 0 Å². The Morgan fingerprint density at radius 2 is 2.06 bits per heavy atom. The predicted molar refractivity (Wildman–Crippen MR) is 74.7 cm³/mol. The third-order valence-electron chi connectivity index (χ3n) is 3.63. The van der Waals surface area contributed by atoms with Crippen molar-refractivity contribution in [3.05, 3.63) is 34.1 Å². The third kappa shape index (κ3) is 3.78. The van der Waals surface area contributed by atoms with Crippen LogP contribution in [0.25, 0.3) is 0 Å². The zero-order valence-corrected chi connectivity index (χ0v) is 12.6. The largest absolute Gasteiger partial charge is 0.316 e. The van der Waals surface area contributed by atoms with Crippen LogP contribution in [0.2, 0.25) is 0 Å². The molecular formula is C14H21BrFN. The molecule has 1 nitrogen and oxygen atoms in total. The molecule has 0 aliphatic heterocycles. The molecule has 1 atom stereocenters. The van der Waals surface area contributed by atoms with Crippen LogP contribution in [-0.4, -0.2) is 13.1 Å². The molecule has 0 bridgehead atoms. The van der Waals surface area contributed by atoms with E-state index < -0.39 is 0 Å². The van der Waals surface area contributed by atoms with Gasteiger partial charge in [-0.1, -0.05) is 26.8 Å². The highest BCUT2D eigenvalue weighted by Gasteiger charge is 2.26. The average Bonchev–Trinajstić information content (AvgIpc) is 2.30. The lowest BCUT2D eigenvalue weighted by atomic mass is 9.79. The van der Waals surface area contributed by atoms with Crippen LogP contribution in [0.5, 0.6) is 0 Å². The number of likely N-dealkylation sites (N-methyl/N-ethyl adjacent to an activating group) is 1. The number of halogens is 2. The van der Waals surface area contributed by atoms with E-state index in [1.165, 1.54) is 6.07 Å². The normalized spacial score (nSPS) is 13.8. The summed E-state index contributed by atoms with van der Waals surface area (Å²) in [6, 6.07) is 5.64. The van der Waals surface area contributed by atoms with Gasteiger partial charge in [0, 0.05) is 6.04 Å². The van der Waals surface area contributed by atoms with E-state index in [1.807, 2.05) is 19.2 Å². The van der Waals surface area contributed by atoms with Crippen LogP contribution in [0, 0.1) is 11.2 Å². The third-order valence-corrected chi connectivity index (χ3v) is 4.23. The summed E-state index contributed by atoms with van der Waals surface area (Å²) < 4.78 is 13.7. The van der Waals surface area contributed by atoms with E-state index >= 15 is 0 Å². The van der Waals surface area contributed by atoms with E-state index in [2.05, 4.69) is 42.0 Å². The van der Waals surface area contributed by atoms with Crippen LogP contribution in [0.15, 0.2) is 22.7 Å². The molecule has 0 aliphatic rings. The first kappa shape index (κ1) is 14.7. The number of benzene rings is 1. The molecule has 0 amide bonds. The Kier molecular flexibility index (Phi) is 5.14. The van der Waals surface area contributed by atoms with Gasteiger partial charge >= 0.3 is 0 Å². The molecule has 17 heavy (non-hydrogen) atoms. The zero-order chi connectivity index (χ0) is 13.1. The zero-order valence-electron chi connectivity index (χ0n) is 11.0. The molecule has 0 radical (unpaired) electrons. The first-order valence-electron chi connectivity index (χ1n) is 6.02. The maximum Gasteiger partial charge on any atom is 0.137 e. The molecule has 1 aromatic carbocycles. The van der Waals surface area contributed by atoms with E-state index in [-0.39, 0.29) is 11.2 Å². The fourth-order valence-electron chi connectivity index (χ4n) is 1.92. The highest BCUT2D eigenvalue weighted by Crippen LogP contribution is 2.28. The second-order valence-corrected chi connectivity index (χ2v) is 5.99. The molecule has 0 saturated heterocycles. The second kappa shape index (κ2) is 5.96. The van der Waals surface area contributed by atoms with Crippen LogP contribution in [0.1, 0.15) is 32.8 Å². The van der Waals surface area contributed by atoms with Gasteiger partial charge in [0.1, 0.15) is 5.82 Å². The molecular weight excluding hydrogens is 281 g/mol. The predicted octanol–water partition coefficient (Wildman–Crippen LogP) is 4.15. The molecule has 96 valence electrons. The van der Waals surface area contributed by atoms with Crippen LogP contribution >= 0.6 is 15.9 Å². The molecule has 1 aromatic rings. The number of hydrogen-bond acceptors (Lipinski definition) is 1. The summed E-state index contributed by atoms with van der Waals surface area (Å²) in [5, 5.41) is 3.37. The van der Waals surface area contributed by atoms with Crippen molar-refractivity contribution in [1.82, 2.24) is 5.32 Å². The fraction of sp³-hybridized carbons (Fsp3) is 0.571. The van der Waals surface area contributed by atoms with Gasteiger partial charge in [0.15, 0.2) is 0 Å². The van der Waals surface area contributed by atoms with Crippen LogP contribution in [-0.2, 0) is 6.42 Å². The summed E-state index contributed by atoms with van der Waals surface area (Å²) in [5.41, 5.74) is 1.38. The Bertz CT molecular complexity index is 376. The Balaban J connectivity index is 2.84. The standard InChI is InChI=1S/C14H21BrFN/c1-5-14(2,3)13(17-4)9-10-6-7-12(16)11(15)8-10/h6-8,13,17H,5,9H2,1-4H3. The van der Waals surface area contributed by atoms with Gasteiger partial charge in [-0.25, -0.2) is 4.39 Å². The van der Waals surface area contributed by atoms with Crippen molar-refractivity contribution in [3.63, 3.8) is 0 Å². The maximum absolute atomic E-state index is 13.2. The topological polar surface area (TPSA) is 12.0 Å². The van der Waals surface area contributed by atoms with Crippen molar-refractivity contribution >= 4 is 15.9 Å². The Morgan fingerprint density at radius 3 is 2.53 bits per heavy atom. The second-order valence-electron chi connectivity index (χ2n) is 5.14. The Morgan fingerprint density at radius 1 is 1.41 bits per heavy atom. The minimum absolute atomic E-state index is 0.204. The monoisotopic (exact) mass is 301 g/mol. The molecule has 0 spiro atoms. The average molecular weight is 302 g/mol. The van der Waals surface area contributed by atoms with Gasteiger partial charge in [-0.15, -0.1) is 0 Å². The first-order chi connectivity index (χ1) is 7.90.